The second-order valence-electron chi connectivity index (χ2n) is 6.38. The standard InChI is InChI=1S/C18H14F4N4O4S/c1-25-9-8-23-17(25)16(12-4-2-3-5-13(12)19)24-14-7-6-11(10-15(14)26(27)28)31(29,30)18(20,21)22/h2-10,16,24H,1H3/t16-/m0/s1. The molecule has 0 aliphatic carbocycles. The number of imidazole rings is 1. The van der Waals surface area contributed by atoms with Crippen LogP contribution in [-0.2, 0) is 16.9 Å². The molecule has 0 bridgehead atoms. The maximum Gasteiger partial charge on any atom is 0.501 e. The predicted molar refractivity (Wildman–Crippen MR) is 101 cm³/mol. The van der Waals surface area contributed by atoms with Crippen LogP contribution in [0.25, 0.3) is 0 Å². The predicted octanol–water partition coefficient (Wildman–Crippen LogP) is 3.96. The first-order chi connectivity index (χ1) is 14.4. The smallest absolute Gasteiger partial charge is 0.366 e. The zero-order valence-corrected chi connectivity index (χ0v) is 16.5. The molecule has 1 heterocycles. The minimum Gasteiger partial charge on any atom is -0.366 e. The Morgan fingerprint density at radius 2 is 1.87 bits per heavy atom. The fourth-order valence-electron chi connectivity index (χ4n) is 2.89. The molecule has 31 heavy (non-hydrogen) atoms. The number of nitrogens with zero attached hydrogens (tertiary/aromatic N) is 3. The monoisotopic (exact) mass is 458 g/mol. The lowest BCUT2D eigenvalue weighted by atomic mass is 10.0. The molecule has 1 aromatic heterocycles. The summed E-state index contributed by atoms with van der Waals surface area (Å²) in [5.74, 6) is -0.395. The van der Waals surface area contributed by atoms with Gasteiger partial charge in [0.05, 0.1) is 9.82 Å². The number of aromatic nitrogens is 2. The number of halogens is 4. The molecule has 0 unspecified atom stereocenters. The van der Waals surface area contributed by atoms with Crippen molar-refractivity contribution in [2.24, 2.45) is 7.05 Å². The normalized spacial score (nSPS) is 13.1. The van der Waals surface area contributed by atoms with Gasteiger partial charge in [0.2, 0.25) is 0 Å². The van der Waals surface area contributed by atoms with E-state index in [4.69, 9.17) is 0 Å². The van der Waals surface area contributed by atoms with Crippen molar-refractivity contribution in [1.82, 2.24) is 9.55 Å². The summed E-state index contributed by atoms with van der Waals surface area (Å²) in [5.41, 5.74) is -6.81. The third-order valence-corrected chi connectivity index (χ3v) is 5.90. The van der Waals surface area contributed by atoms with Crippen molar-refractivity contribution in [3.8, 4) is 0 Å². The number of nitro benzene ring substituents is 1. The van der Waals surface area contributed by atoms with E-state index >= 15 is 0 Å². The van der Waals surface area contributed by atoms with Crippen molar-refractivity contribution in [3.05, 3.63) is 82.2 Å². The lowest BCUT2D eigenvalue weighted by Crippen LogP contribution is -2.23. The minimum absolute atomic E-state index is 0.0677. The zero-order chi connectivity index (χ0) is 23.0. The molecule has 0 aliphatic rings. The summed E-state index contributed by atoms with van der Waals surface area (Å²) in [5, 5.41) is 14.2. The molecule has 0 amide bonds. The van der Waals surface area contributed by atoms with Gasteiger partial charge in [-0.05, 0) is 18.2 Å². The number of sulfone groups is 1. The topological polar surface area (TPSA) is 107 Å². The second kappa shape index (κ2) is 7.98. The van der Waals surface area contributed by atoms with Crippen molar-refractivity contribution in [2.75, 3.05) is 5.32 Å². The van der Waals surface area contributed by atoms with Crippen molar-refractivity contribution in [3.63, 3.8) is 0 Å². The molecule has 0 saturated carbocycles. The van der Waals surface area contributed by atoms with E-state index in [1.165, 1.54) is 35.0 Å². The van der Waals surface area contributed by atoms with Gasteiger partial charge < -0.3 is 9.88 Å². The summed E-state index contributed by atoms with van der Waals surface area (Å²) >= 11 is 0. The van der Waals surface area contributed by atoms with Crippen LogP contribution >= 0.6 is 0 Å². The van der Waals surface area contributed by atoms with E-state index in [2.05, 4.69) is 10.3 Å². The van der Waals surface area contributed by atoms with Gasteiger partial charge in [-0.1, -0.05) is 18.2 Å². The first-order valence-corrected chi connectivity index (χ1v) is 9.99. The van der Waals surface area contributed by atoms with E-state index in [0.29, 0.717) is 12.1 Å². The lowest BCUT2D eigenvalue weighted by molar-refractivity contribution is -0.384. The van der Waals surface area contributed by atoms with Crippen LogP contribution < -0.4 is 5.32 Å². The van der Waals surface area contributed by atoms with Crippen LogP contribution in [0.5, 0.6) is 0 Å². The highest BCUT2D eigenvalue weighted by atomic mass is 32.2. The van der Waals surface area contributed by atoms with E-state index in [-0.39, 0.29) is 17.1 Å². The number of nitrogens with one attached hydrogen (secondary N) is 1. The molecule has 0 saturated heterocycles. The number of hydrogen-bond acceptors (Lipinski definition) is 6. The molecule has 0 spiro atoms. The van der Waals surface area contributed by atoms with Gasteiger partial charge in [0.15, 0.2) is 0 Å². The third kappa shape index (κ3) is 4.21. The van der Waals surface area contributed by atoms with E-state index < -0.39 is 42.7 Å². The largest absolute Gasteiger partial charge is 0.501 e. The quantitative estimate of drug-likeness (QED) is 0.340. The molecule has 1 N–H and O–H groups in total. The Bertz CT molecular complexity index is 1240. The summed E-state index contributed by atoms with van der Waals surface area (Å²) in [6, 6.07) is 6.21. The minimum atomic E-state index is -5.80. The maximum atomic E-state index is 14.5. The molecule has 13 heteroatoms. The maximum absolute atomic E-state index is 14.5. The fraction of sp³-hybridized carbons (Fsp3) is 0.167. The Labute approximate surface area is 173 Å². The Hall–Kier alpha value is -3.48. The highest BCUT2D eigenvalue weighted by Crippen LogP contribution is 2.37. The molecular formula is C18H14F4N4O4S. The number of rotatable bonds is 6. The molecule has 3 aromatic rings. The first-order valence-electron chi connectivity index (χ1n) is 8.51. The fourth-order valence-corrected chi connectivity index (χ4v) is 3.67. The van der Waals surface area contributed by atoms with E-state index in [1.807, 2.05) is 0 Å². The Kier molecular flexibility index (Phi) is 5.72. The molecule has 0 aliphatic heterocycles. The molecule has 1 atom stereocenters. The molecule has 0 radical (unpaired) electrons. The highest BCUT2D eigenvalue weighted by Gasteiger charge is 2.47. The summed E-state index contributed by atoms with van der Waals surface area (Å²) in [4.78, 5) is 13.3. The van der Waals surface area contributed by atoms with Crippen LogP contribution in [-0.4, -0.2) is 28.4 Å². The van der Waals surface area contributed by atoms with Crippen molar-refractivity contribution in [2.45, 2.75) is 16.4 Å². The first kappa shape index (κ1) is 22.2. The van der Waals surface area contributed by atoms with E-state index in [1.54, 1.807) is 13.2 Å². The third-order valence-electron chi connectivity index (χ3n) is 4.41. The van der Waals surface area contributed by atoms with Gasteiger partial charge in [0.1, 0.15) is 23.4 Å². The van der Waals surface area contributed by atoms with Crippen LogP contribution in [0.3, 0.4) is 0 Å². The molecule has 8 nitrogen and oxygen atoms in total. The zero-order valence-electron chi connectivity index (χ0n) is 15.7. The van der Waals surface area contributed by atoms with Crippen LogP contribution in [0.2, 0.25) is 0 Å². The average molecular weight is 458 g/mol. The SMILES string of the molecule is Cn1ccnc1[C@@H](Nc1ccc(S(=O)(=O)C(F)(F)F)cc1[N+](=O)[O-])c1ccccc1F. The van der Waals surface area contributed by atoms with Crippen LogP contribution in [0.4, 0.5) is 28.9 Å². The van der Waals surface area contributed by atoms with Gasteiger partial charge in [-0.3, -0.25) is 10.1 Å². The molecular weight excluding hydrogens is 444 g/mol. The van der Waals surface area contributed by atoms with E-state index in [9.17, 15) is 36.1 Å². The summed E-state index contributed by atoms with van der Waals surface area (Å²) in [7, 11) is -4.19. The Morgan fingerprint density at radius 3 is 2.42 bits per heavy atom. The summed E-state index contributed by atoms with van der Waals surface area (Å²) in [6.45, 7) is 0. The van der Waals surface area contributed by atoms with Crippen molar-refractivity contribution >= 4 is 21.2 Å². The number of anilines is 1. The van der Waals surface area contributed by atoms with Crippen molar-refractivity contribution < 1.29 is 30.9 Å². The number of aryl methyl sites for hydroxylation is 1. The average Bonchev–Trinajstić information content (AvgIpc) is 3.11. The van der Waals surface area contributed by atoms with Gasteiger partial charge in [-0.15, -0.1) is 0 Å². The number of alkyl halides is 3. The van der Waals surface area contributed by atoms with Gasteiger partial charge >= 0.3 is 5.51 Å². The lowest BCUT2D eigenvalue weighted by Gasteiger charge is -2.21. The number of nitro groups is 1. The Balaban J connectivity index is 2.13. The van der Waals surface area contributed by atoms with Gasteiger partial charge in [0, 0.05) is 31.1 Å². The summed E-state index contributed by atoms with van der Waals surface area (Å²) in [6.07, 6.45) is 2.97. The Morgan fingerprint density at radius 1 is 1.19 bits per heavy atom. The van der Waals surface area contributed by atoms with E-state index in [0.717, 1.165) is 6.07 Å². The van der Waals surface area contributed by atoms with Crippen molar-refractivity contribution in [1.29, 1.82) is 0 Å². The van der Waals surface area contributed by atoms with Gasteiger partial charge in [-0.25, -0.2) is 17.8 Å². The molecule has 2 aromatic carbocycles. The van der Waals surface area contributed by atoms with Gasteiger partial charge in [0.25, 0.3) is 15.5 Å². The van der Waals surface area contributed by atoms with Crippen LogP contribution in [0, 0.1) is 15.9 Å². The number of hydrogen-bond donors (Lipinski definition) is 1. The molecule has 0 fully saturated rings. The molecule has 3 rings (SSSR count). The van der Waals surface area contributed by atoms with Crippen LogP contribution in [0.1, 0.15) is 17.4 Å². The summed E-state index contributed by atoms with van der Waals surface area (Å²) < 4.78 is 77.7. The second-order valence-corrected chi connectivity index (χ2v) is 8.32. The number of benzene rings is 2. The molecule has 164 valence electrons. The van der Waals surface area contributed by atoms with Crippen LogP contribution in [0.15, 0.2) is 59.8 Å². The van der Waals surface area contributed by atoms with Gasteiger partial charge in [-0.2, -0.15) is 13.2 Å². The highest BCUT2D eigenvalue weighted by molar-refractivity contribution is 7.92.